The Bertz CT molecular complexity index is 2340. The molecular weight excluding hydrogens is 753 g/mol. The van der Waals surface area contributed by atoms with Crippen molar-refractivity contribution in [2.45, 2.75) is 127 Å². The van der Waals surface area contributed by atoms with E-state index >= 15 is 0 Å². The highest BCUT2D eigenvalue weighted by Crippen LogP contribution is 2.62. The van der Waals surface area contributed by atoms with E-state index in [9.17, 15) is 19.8 Å². The van der Waals surface area contributed by atoms with Gasteiger partial charge in [0.15, 0.2) is 11.6 Å². The number of allylic oxidation sites excluding steroid dienone is 8. The standard InChI is InChI=1S/C28H33NO2.C27H31NO2/c1-4-14-28(31)15-13-23-24-11-7-19-16-21(30)10-12-22(19)27(24)25(17-26(23)28)18-5-8-20(9-6-18)29(2)3;1-3-13-27(30)14-12-22-23-10-6-18-15-20(29)9-11-21(18)26(23)24(16-25(22)27)17-4-7-19(28-2)8-5-17/h5-6,8-9,16,23-26,31H,7,10-13,15,17H2,1-3H3;4-5,7-8,15,22-25,28,30H,6,9-12,14,16H2,1-2H3. The number of carbonyl (C=O) groups is 2. The molecule has 0 bridgehead atoms. The van der Waals surface area contributed by atoms with E-state index in [1.54, 1.807) is 11.1 Å². The SMILES string of the molecule is CC#CC1(O)CCC2C3CCC4=CC(=O)CCC4=C3C(c3ccc(N(C)C)cc3)CC21.CC#CC1(O)CCC2C3CCC4=CC(=O)CCC4=C3C(c3ccc(NC)cc3)CC21. The van der Waals surface area contributed by atoms with Crippen LogP contribution in [0.4, 0.5) is 11.4 Å². The molecule has 4 fully saturated rings. The third-order valence-electron chi connectivity index (χ3n) is 16.5. The number of carbonyl (C=O) groups excluding carboxylic acids is 2. The lowest BCUT2D eigenvalue weighted by Crippen LogP contribution is -2.42. The first kappa shape index (κ1) is 41.7. The van der Waals surface area contributed by atoms with Crippen molar-refractivity contribution in [1.29, 1.82) is 0 Å². The number of anilines is 2. The normalized spacial score (nSPS) is 34.5. The summed E-state index contributed by atoms with van der Waals surface area (Å²) in [6.45, 7) is 3.68. The Labute approximate surface area is 364 Å². The molecule has 4 saturated carbocycles. The number of nitrogens with zero attached hydrogens (tertiary/aromatic N) is 1. The third-order valence-corrected chi connectivity index (χ3v) is 16.5. The number of aliphatic hydroxyl groups is 2. The van der Waals surface area contributed by atoms with Crippen LogP contribution in [-0.2, 0) is 9.59 Å². The molecule has 6 heteroatoms. The maximum absolute atomic E-state index is 12.1. The van der Waals surface area contributed by atoms with Gasteiger partial charge in [0, 0.05) is 69.0 Å². The van der Waals surface area contributed by atoms with Crippen LogP contribution in [0.15, 0.2) is 94.1 Å². The Kier molecular flexibility index (Phi) is 11.3. The summed E-state index contributed by atoms with van der Waals surface area (Å²) < 4.78 is 0. The molecule has 0 saturated heterocycles. The fraction of sp³-hybridized carbons (Fsp3) is 0.527. The highest BCUT2D eigenvalue weighted by atomic mass is 16.3. The zero-order valence-electron chi connectivity index (χ0n) is 36.9. The predicted molar refractivity (Wildman–Crippen MR) is 245 cm³/mol. The molecular formula is C55H64N2O4. The van der Waals surface area contributed by atoms with Crippen LogP contribution in [0.25, 0.3) is 0 Å². The van der Waals surface area contributed by atoms with E-state index in [4.69, 9.17) is 0 Å². The molecule has 0 radical (unpaired) electrons. The van der Waals surface area contributed by atoms with Crippen LogP contribution in [0.1, 0.15) is 127 Å². The average molecular weight is 817 g/mol. The van der Waals surface area contributed by atoms with E-state index in [2.05, 4.69) is 96.5 Å². The minimum atomic E-state index is -0.851. The number of rotatable bonds is 4. The van der Waals surface area contributed by atoms with Crippen molar-refractivity contribution >= 4 is 22.9 Å². The fourth-order valence-electron chi connectivity index (χ4n) is 13.8. The number of fused-ring (bicyclic) bond motifs is 8. The van der Waals surface area contributed by atoms with Crippen LogP contribution in [-0.4, -0.2) is 54.1 Å². The molecule has 10 rings (SSSR count). The van der Waals surface area contributed by atoms with E-state index in [1.807, 2.05) is 33.0 Å². The minimum Gasteiger partial charge on any atom is -0.388 e. The Morgan fingerprint density at radius 3 is 1.48 bits per heavy atom. The molecule has 0 spiro atoms. The van der Waals surface area contributed by atoms with Gasteiger partial charge < -0.3 is 20.4 Å². The van der Waals surface area contributed by atoms with Crippen LogP contribution < -0.4 is 10.2 Å². The molecule has 2 aromatic rings. The van der Waals surface area contributed by atoms with Crippen LogP contribution in [0, 0.1) is 59.2 Å². The first-order valence-corrected chi connectivity index (χ1v) is 23.3. The van der Waals surface area contributed by atoms with Gasteiger partial charge in [-0.3, -0.25) is 9.59 Å². The van der Waals surface area contributed by atoms with Gasteiger partial charge in [0.25, 0.3) is 0 Å². The summed E-state index contributed by atoms with van der Waals surface area (Å²) in [5, 5.41) is 26.1. The van der Waals surface area contributed by atoms with Crippen molar-refractivity contribution in [2.24, 2.45) is 35.5 Å². The van der Waals surface area contributed by atoms with Crippen molar-refractivity contribution in [2.75, 3.05) is 31.4 Å². The molecule has 6 nitrogen and oxygen atoms in total. The summed E-state index contributed by atoms with van der Waals surface area (Å²) in [4.78, 5) is 26.3. The van der Waals surface area contributed by atoms with E-state index in [0.717, 1.165) is 82.7 Å². The van der Waals surface area contributed by atoms with Crippen molar-refractivity contribution in [3.05, 3.63) is 105 Å². The minimum absolute atomic E-state index is 0.226. The first-order chi connectivity index (χ1) is 29.4. The Hall–Kier alpha value is -4.62. The molecule has 2 aromatic carbocycles. The van der Waals surface area contributed by atoms with E-state index in [-0.39, 0.29) is 23.4 Å². The molecule has 3 N–H and O–H groups in total. The largest absolute Gasteiger partial charge is 0.388 e. The van der Waals surface area contributed by atoms with Gasteiger partial charge in [-0.15, -0.1) is 11.8 Å². The van der Waals surface area contributed by atoms with Gasteiger partial charge in [-0.1, -0.05) is 47.3 Å². The van der Waals surface area contributed by atoms with Gasteiger partial charge in [0.1, 0.15) is 11.2 Å². The van der Waals surface area contributed by atoms with Crippen LogP contribution >= 0.6 is 0 Å². The number of hydrogen-bond acceptors (Lipinski definition) is 6. The quantitative estimate of drug-likeness (QED) is 0.267. The maximum atomic E-state index is 12.1. The van der Waals surface area contributed by atoms with Crippen molar-refractivity contribution < 1.29 is 19.8 Å². The molecule has 318 valence electrons. The lowest BCUT2D eigenvalue weighted by molar-refractivity contribution is -0.115. The number of ketones is 2. The number of benzene rings is 2. The van der Waals surface area contributed by atoms with Gasteiger partial charge in [-0.05, 0) is 184 Å². The fourth-order valence-corrected chi connectivity index (χ4v) is 13.8. The summed E-state index contributed by atoms with van der Waals surface area (Å²) in [5.41, 5.74) is 11.9. The maximum Gasteiger partial charge on any atom is 0.156 e. The lowest BCUT2D eigenvalue weighted by atomic mass is 9.57. The second-order valence-electron chi connectivity index (χ2n) is 19.6. The molecule has 8 aliphatic rings. The summed E-state index contributed by atoms with van der Waals surface area (Å²) in [6.07, 6.45) is 16.7. The van der Waals surface area contributed by atoms with Crippen molar-refractivity contribution in [1.82, 2.24) is 0 Å². The molecule has 0 aliphatic heterocycles. The zero-order valence-corrected chi connectivity index (χ0v) is 36.9. The smallest absolute Gasteiger partial charge is 0.156 e. The van der Waals surface area contributed by atoms with Crippen LogP contribution in [0.3, 0.4) is 0 Å². The highest BCUT2D eigenvalue weighted by molar-refractivity contribution is 5.93. The molecule has 0 amide bonds. The number of hydrogen-bond donors (Lipinski definition) is 3. The number of nitrogens with one attached hydrogen (secondary N) is 1. The molecule has 10 atom stereocenters. The van der Waals surface area contributed by atoms with E-state index in [1.165, 1.54) is 39.1 Å². The molecule has 0 aromatic heterocycles. The molecule has 61 heavy (non-hydrogen) atoms. The van der Waals surface area contributed by atoms with Crippen molar-refractivity contribution in [3.63, 3.8) is 0 Å². The second kappa shape index (κ2) is 16.6. The molecule has 0 heterocycles. The average Bonchev–Trinajstić information content (AvgIpc) is 3.78. The summed E-state index contributed by atoms with van der Waals surface area (Å²) in [7, 11) is 6.08. The van der Waals surface area contributed by atoms with E-state index in [0.29, 0.717) is 48.3 Å². The Morgan fingerprint density at radius 2 is 1.07 bits per heavy atom. The Morgan fingerprint density at radius 1 is 0.623 bits per heavy atom. The summed E-state index contributed by atoms with van der Waals surface area (Å²) in [5.74, 6) is 16.1. The first-order valence-electron chi connectivity index (χ1n) is 23.3. The summed E-state index contributed by atoms with van der Waals surface area (Å²) >= 11 is 0. The molecule has 10 unspecified atom stereocenters. The predicted octanol–water partition coefficient (Wildman–Crippen LogP) is 10.0. The topological polar surface area (TPSA) is 89.9 Å². The van der Waals surface area contributed by atoms with Crippen LogP contribution in [0.2, 0.25) is 0 Å². The van der Waals surface area contributed by atoms with Gasteiger partial charge in [0.05, 0.1) is 0 Å². The van der Waals surface area contributed by atoms with E-state index < -0.39 is 11.2 Å². The van der Waals surface area contributed by atoms with Gasteiger partial charge in [-0.2, -0.15) is 0 Å². The third kappa shape index (κ3) is 7.47. The van der Waals surface area contributed by atoms with Gasteiger partial charge in [0.2, 0.25) is 0 Å². The Balaban J connectivity index is 0.000000156. The van der Waals surface area contributed by atoms with Gasteiger partial charge >= 0.3 is 0 Å². The zero-order chi connectivity index (χ0) is 42.6. The molecule has 8 aliphatic carbocycles. The second-order valence-corrected chi connectivity index (χ2v) is 19.6. The van der Waals surface area contributed by atoms with Crippen LogP contribution in [0.5, 0.6) is 0 Å². The lowest BCUT2D eigenvalue weighted by Gasteiger charge is -2.48. The van der Waals surface area contributed by atoms with Crippen molar-refractivity contribution in [3.8, 4) is 23.7 Å². The highest BCUT2D eigenvalue weighted by Gasteiger charge is 2.57. The van der Waals surface area contributed by atoms with Gasteiger partial charge in [-0.25, -0.2) is 0 Å². The summed E-state index contributed by atoms with van der Waals surface area (Å²) in [6, 6.07) is 17.7. The monoisotopic (exact) mass is 816 g/mol.